The zero-order valence-corrected chi connectivity index (χ0v) is 7.39. The van der Waals surface area contributed by atoms with Gasteiger partial charge in [0.2, 0.25) is 0 Å². The summed E-state index contributed by atoms with van der Waals surface area (Å²) in [4.78, 5) is 0. The molecular formula is C10H16O. The highest BCUT2D eigenvalue weighted by molar-refractivity contribution is 5.26. The minimum absolute atomic E-state index is 0.823. The summed E-state index contributed by atoms with van der Waals surface area (Å²) in [5, 5.41) is 0. The van der Waals surface area contributed by atoms with Gasteiger partial charge in [0.25, 0.3) is 0 Å². The molecule has 1 heteroatoms. The lowest BCUT2D eigenvalue weighted by Crippen LogP contribution is -2.07. The maximum atomic E-state index is 5.30. The fourth-order valence-electron chi connectivity index (χ4n) is 1.20. The smallest absolute Gasteiger partial charge is 0.0679 e. The fourth-order valence-corrected chi connectivity index (χ4v) is 1.20. The van der Waals surface area contributed by atoms with Crippen molar-refractivity contribution in [1.29, 1.82) is 0 Å². The number of hydrogen-bond donors (Lipinski definition) is 0. The monoisotopic (exact) mass is 152 g/mol. The van der Waals surface area contributed by atoms with Gasteiger partial charge < -0.3 is 4.74 Å². The number of hydrogen-bond acceptors (Lipinski definition) is 1. The minimum Gasteiger partial charge on any atom is -0.377 e. The molecule has 1 aliphatic heterocycles. The Bertz CT molecular complexity index is 177. The van der Waals surface area contributed by atoms with Crippen LogP contribution in [0.4, 0.5) is 0 Å². The van der Waals surface area contributed by atoms with Gasteiger partial charge in [-0.25, -0.2) is 0 Å². The van der Waals surface area contributed by atoms with E-state index < -0.39 is 0 Å². The molecule has 1 rings (SSSR count). The molecule has 0 radical (unpaired) electrons. The van der Waals surface area contributed by atoms with Gasteiger partial charge in [0.15, 0.2) is 0 Å². The van der Waals surface area contributed by atoms with Gasteiger partial charge in [-0.05, 0) is 30.9 Å². The normalized spacial score (nSPS) is 19.8. The molecular weight excluding hydrogens is 136 g/mol. The molecule has 0 amide bonds. The molecule has 0 unspecified atom stereocenters. The topological polar surface area (TPSA) is 9.23 Å². The molecule has 1 nitrogen and oxygen atoms in total. The van der Waals surface area contributed by atoms with Crippen molar-refractivity contribution in [3.8, 4) is 0 Å². The Hall–Kier alpha value is -0.560. The summed E-state index contributed by atoms with van der Waals surface area (Å²) in [6.45, 7) is 6.02. The van der Waals surface area contributed by atoms with Crippen LogP contribution in [0.3, 0.4) is 0 Å². The summed E-state index contributed by atoms with van der Waals surface area (Å²) in [5.74, 6) is 0. The second-order valence-electron chi connectivity index (χ2n) is 2.92. The number of ether oxygens (including phenoxy) is 1. The molecule has 0 aromatic carbocycles. The summed E-state index contributed by atoms with van der Waals surface area (Å²) >= 11 is 0. The van der Waals surface area contributed by atoms with Crippen molar-refractivity contribution in [1.82, 2.24) is 0 Å². The van der Waals surface area contributed by atoms with Crippen LogP contribution < -0.4 is 0 Å². The van der Waals surface area contributed by atoms with Crippen LogP contribution >= 0.6 is 0 Å². The minimum atomic E-state index is 0.823. The molecule has 0 bridgehead atoms. The zero-order valence-electron chi connectivity index (χ0n) is 7.39. The summed E-state index contributed by atoms with van der Waals surface area (Å²) in [5.41, 5.74) is 2.86. The second kappa shape index (κ2) is 4.35. The number of allylic oxidation sites excluding steroid dienone is 2. The van der Waals surface area contributed by atoms with Crippen molar-refractivity contribution in [2.45, 2.75) is 26.7 Å². The first kappa shape index (κ1) is 8.54. The Kier molecular flexibility index (Phi) is 3.37. The van der Waals surface area contributed by atoms with Crippen LogP contribution in [0.25, 0.3) is 0 Å². The van der Waals surface area contributed by atoms with Gasteiger partial charge in [0.05, 0.1) is 13.2 Å². The molecule has 0 aromatic rings. The van der Waals surface area contributed by atoms with E-state index in [0.717, 1.165) is 26.1 Å². The van der Waals surface area contributed by atoms with Crippen LogP contribution in [0.2, 0.25) is 0 Å². The van der Waals surface area contributed by atoms with E-state index in [9.17, 15) is 0 Å². The van der Waals surface area contributed by atoms with Gasteiger partial charge in [-0.15, -0.1) is 0 Å². The average molecular weight is 152 g/mol. The first-order valence-electron chi connectivity index (χ1n) is 4.27. The number of rotatable bonds is 2. The molecule has 0 atom stereocenters. The van der Waals surface area contributed by atoms with Crippen molar-refractivity contribution in [2.24, 2.45) is 0 Å². The zero-order chi connectivity index (χ0) is 8.10. The Labute approximate surface area is 68.8 Å². The standard InChI is InChI=1S/C10H16O/c1-3-4-5-10-6-7-11-8-9(10)2/h4-5H,3,6-8H2,1-2H3. The van der Waals surface area contributed by atoms with E-state index in [1.165, 1.54) is 11.1 Å². The summed E-state index contributed by atoms with van der Waals surface area (Å²) in [6.07, 6.45) is 6.65. The quantitative estimate of drug-likeness (QED) is 0.591. The van der Waals surface area contributed by atoms with E-state index in [4.69, 9.17) is 4.74 Å². The van der Waals surface area contributed by atoms with Crippen LogP contribution in [-0.4, -0.2) is 13.2 Å². The molecule has 0 saturated heterocycles. The van der Waals surface area contributed by atoms with Gasteiger partial charge in [0.1, 0.15) is 0 Å². The predicted molar refractivity (Wildman–Crippen MR) is 47.6 cm³/mol. The Morgan fingerprint density at radius 3 is 3.00 bits per heavy atom. The third-order valence-corrected chi connectivity index (χ3v) is 1.94. The molecule has 0 spiro atoms. The lowest BCUT2D eigenvalue weighted by Gasteiger charge is -2.15. The molecule has 1 aliphatic rings. The predicted octanol–water partition coefficient (Wildman–Crippen LogP) is 2.69. The van der Waals surface area contributed by atoms with E-state index >= 15 is 0 Å². The summed E-state index contributed by atoms with van der Waals surface area (Å²) in [6, 6.07) is 0. The van der Waals surface area contributed by atoms with E-state index in [0.29, 0.717) is 0 Å². The Balaban J connectivity index is 2.59. The van der Waals surface area contributed by atoms with Crippen LogP contribution in [0, 0.1) is 0 Å². The maximum absolute atomic E-state index is 5.30. The third kappa shape index (κ3) is 2.51. The highest BCUT2D eigenvalue weighted by Gasteiger charge is 2.05. The molecule has 11 heavy (non-hydrogen) atoms. The lowest BCUT2D eigenvalue weighted by atomic mass is 10.0. The molecule has 0 fully saturated rings. The first-order chi connectivity index (χ1) is 5.34. The van der Waals surface area contributed by atoms with Crippen LogP contribution in [0.15, 0.2) is 23.3 Å². The summed E-state index contributed by atoms with van der Waals surface area (Å²) in [7, 11) is 0. The van der Waals surface area contributed by atoms with E-state index in [2.05, 4.69) is 26.0 Å². The van der Waals surface area contributed by atoms with Gasteiger partial charge in [0, 0.05) is 0 Å². The van der Waals surface area contributed by atoms with Gasteiger partial charge >= 0.3 is 0 Å². The molecule has 0 aromatic heterocycles. The van der Waals surface area contributed by atoms with Crippen molar-refractivity contribution < 1.29 is 4.74 Å². The summed E-state index contributed by atoms with van der Waals surface area (Å²) < 4.78 is 5.30. The van der Waals surface area contributed by atoms with E-state index in [1.807, 2.05) is 0 Å². The van der Waals surface area contributed by atoms with Gasteiger partial charge in [-0.3, -0.25) is 0 Å². The Morgan fingerprint density at radius 1 is 1.55 bits per heavy atom. The van der Waals surface area contributed by atoms with Gasteiger partial charge in [-0.1, -0.05) is 19.1 Å². The fraction of sp³-hybridized carbons (Fsp3) is 0.600. The highest BCUT2D eigenvalue weighted by atomic mass is 16.5. The van der Waals surface area contributed by atoms with Gasteiger partial charge in [-0.2, -0.15) is 0 Å². The molecule has 0 saturated carbocycles. The lowest BCUT2D eigenvalue weighted by molar-refractivity contribution is 0.148. The largest absolute Gasteiger partial charge is 0.377 e. The third-order valence-electron chi connectivity index (χ3n) is 1.94. The molecule has 0 N–H and O–H groups in total. The van der Waals surface area contributed by atoms with E-state index in [-0.39, 0.29) is 0 Å². The SMILES string of the molecule is CCC=CC1=C(C)COCC1. The second-order valence-corrected chi connectivity index (χ2v) is 2.92. The van der Waals surface area contributed by atoms with E-state index in [1.54, 1.807) is 0 Å². The maximum Gasteiger partial charge on any atom is 0.0679 e. The van der Waals surface area contributed by atoms with Crippen molar-refractivity contribution in [3.05, 3.63) is 23.3 Å². The van der Waals surface area contributed by atoms with Crippen molar-refractivity contribution in [2.75, 3.05) is 13.2 Å². The van der Waals surface area contributed by atoms with Crippen molar-refractivity contribution in [3.63, 3.8) is 0 Å². The Morgan fingerprint density at radius 2 is 2.36 bits per heavy atom. The molecule has 62 valence electrons. The molecule has 0 aliphatic carbocycles. The molecule has 1 heterocycles. The average Bonchev–Trinajstić information content (AvgIpc) is 2.03. The van der Waals surface area contributed by atoms with Crippen molar-refractivity contribution >= 4 is 0 Å². The van der Waals surface area contributed by atoms with Crippen LogP contribution in [0.5, 0.6) is 0 Å². The van der Waals surface area contributed by atoms with Crippen LogP contribution in [0.1, 0.15) is 26.7 Å². The van der Waals surface area contributed by atoms with Crippen LogP contribution in [-0.2, 0) is 4.74 Å². The highest BCUT2D eigenvalue weighted by Crippen LogP contribution is 2.16. The first-order valence-corrected chi connectivity index (χ1v) is 4.27.